The van der Waals surface area contributed by atoms with Gasteiger partial charge in [-0.3, -0.25) is 0 Å². The predicted octanol–water partition coefficient (Wildman–Crippen LogP) is 5.50. The molecular weight excluding hydrogens is 301 g/mol. The molecule has 0 amide bonds. The second-order valence-corrected chi connectivity index (χ2v) is 6.24. The molecule has 0 spiro atoms. The predicted molar refractivity (Wildman–Crippen MR) is 92.5 cm³/mol. The molecule has 1 unspecified atom stereocenters. The highest BCUT2D eigenvalue weighted by molar-refractivity contribution is 6.31. The molecule has 0 saturated heterocycles. The van der Waals surface area contributed by atoms with E-state index < -0.39 is 0 Å². The lowest BCUT2D eigenvalue weighted by atomic mass is 9.95. The third kappa shape index (κ3) is 4.23. The van der Waals surface area contributed by atoms with E-state index in [-0.39, 0.29) is 6.04 Å². The number of hydrogen-bond acceptors (Lipinski definition) is 1. The molecule has 2 aromatic rings. The fraction of sp³-hybridized carbons (Fsp3) is 0.333. The number of aryl methyl sites for hydroxylation is 2. The van der Waals surface area contributed by atoms with Crippen LogP contribution in [0, 0.1) is 13.8 Å². The zero-order valence-corrected chi connectivity index (χ0v) is 14.2. The van der Waals surface area contributed by atoms with Crippen molar-refractivity contribution in [2.45, 2.75) is 33.2 Å². The molecule has 2 rings (SSSR count). The topological polar surface area (TPSA) is 12.0 Å². The van der Waals surface area contributed by atoms with Gasteiger partial charge in [0, 0.05) is 16.1 Å². The Labute approximate surface area is 137 Å². The first-order valence-corrected chi connectivity index (χ1v) is 8.01. The second-order valence-electron chi connectivity index (χ2n) is 5.40. The Bertz CT molecular complexity index is 605. The third-order valence-electron chi connectivity index (χ3n) is 3.79. The van der Waals surface area contributed by atoms with Crippen molar-refractivity contribution in [3.63, 3.8) is 0 Å². The summed E-state index contributed by atoms with van der Waals surface area (Å²) in [6.07, 6.45) is 0.896. The molecule has 0 bridgehead atoms. The van der Waals surface area contributed by atoms with Gasteiger partial charge in [0.2, 0.25) is 0 Å². The monoisotopic (exact) mass is 321 g/mol. The Morgan fingerprint density at radius 3 is 2.24 bits per heavy atom. The van der Waals surface area contributed by atoms with Gasteiger partial charge in [0.1, 0.15) is 0 Å². The van der Waals surface area contributed by atoms with Gasteiger partial charge < -0.3 is 5.32 Å². The zero-order chi connectivity index (χ0) is 15.4. The van der Waals surface area contributed by atoms with E-state index in [4.69, 9.17) is 23.2 Å². The van der Waals surface area contributed by atoms with Gasteiger partial charge in [-0.25, -0.2) is 0 Å². The molecule has 0 aromatic heterocycles. The highest BCUT2D eigenvalue weighted by Gasteiger charge is 2.15. The lowest BCUT2D eigenvalue weighted by Gasteiger charge is -2.21. The molecule has 112 valence electrons. The van der Waals surface area contributed by atoms with Crippen molar-refractivity contribution in [2.24, 2.45) is 0 Å². The third-order valence-corrected chi connectivity index (χ3v) is 4.37. The molecule has 0 aliphatic heterocycles. The first kappa shape index (κ1) is 16.4. The quantitative estimate of drug-likeness (QED) is 0.766. The molecule has 0 radical (unpaired) electrons. The normalized spacial score (nSPS) is 12.4. The van der Waals surface area contributed by atoms with Gasteiger partial charge in [-0.05, 0) is 67.3 Å². The summed E-state index contributed by atoms with van der Waals surface area (Å²) in [5.41, 5.74) is 4.91. The van der Waals surface area contributed by atoms with Gasteiger partial charge in [0.25, 0.3) is 0 Å². The number of halogens is 2. The lowest BCUT2D eigenvalue weighted by molar-refractivity contribution is 0.549. The molecule has 2 aromatic carbocycles. The van der Waals surface area contributed by atoms with E-state index in [1.807, 2.05) is 12.1 Å². The summed E-state index contributed by atoms with van der Waals surface area (Å²) >= 11 is 12.4. The van der Waals surface area contributed by atoms with Crippen molar-refractivity contribution >= 4 is 23.2 Å². The summed E-state index contributed by atoms with van der Waals surface area (Å²) in [5, 5.41) is 5.13. The molecule has 0 aliphatic rings. The zero-order valence-electron chi connectivity index (χ0n) is 12.7. The standard InChI is InChI=1S/C18H21Cl2N/c1-4-21-18(11-14-5-7-15(19)8-6-14)16-9-12(2)13(3)10-17(16)20/h5-10,18,21H,4,11H2,1-3H3. The molecule has 0 aliphatic carbocycles. The number of likely N-dealkylation sites (N-methyl/N-ethyl adjacent to an activating group) is 1. The van der Waals surface area contributed by atoms with Crippen molar-refractivity contribution in [3.8, 4) is 0 Å². The van der Waals surface area contributed by atoms with Gasteiger partial charge in [-0.1, -0.05) is 48.3 Å². The van der Waals surface area contributed by atoms with Crippen molar-refractivity contribution in [1.29, 1.82) is 0 Å². The molecule has 0 heterocycles. The minimum Gasteiger partial charge on any atom is -0.310 e. The van der Waals surface area contributed by atoms with Crippen LogP contribution in [0.3, 0.4) is 0 Å². The maximum absolute atomic E-state index is 6.46. The van der Waals surface area contributed by atoms with E-state index in [2.05, 4.69) is 50.4 Å². The van der Waals surface area contributed by atoms with E-state index in [0.717, 1.165) is 28.6 Å². The molecule has 1 atom stereocenters. The molecule has 1 N–H and O–H groups in total. The Balaban J connectivity index is 2.30. The SMILES string of the molecule is CCNC(Cc1ccc(Cl)cc1)c1cc(C)c(C)cc1Cl. The molecule has 0 fully saturated rings. The number of hydrogen-bond donors (Lipinski definition) is 1. The second kappa shape index (κ2) is 7.31. The van der Waals surface area contributed by atoms with Crippen LogP contribution in [0.5, 0.6) is 0 Å². The van der Waals surface area contributed by atoms with Crippen LogP contribution in [0.15, 0.2) is 36.4 Å². The van der Waals surface area contributed by atoms with Crippen molar-refractivity contribution < 1.29 is 0 Å². The summed E-state index contributed by atoms with van der Waals surface area (Å²) in [6, 6.07) is 12.5. The first-order chi connectivity index (χ1) is 10.0. The summed E-state index contributed by atoms with van der Waals surface area (Å²) in [4.78, 5) is 0. The van der Waals surface area contributed by atoms with E-state index in [1.54, 1.807) is 0 Å². The van der Waals surface area contributed by atoms with Crippen LogP contribution >= 0.6 is 23.2 Å². The fourth-order valence-corrected chi connectivity index (χ4v) is 2.94. The van der Waals surface area contributed by atoms with Crippen LogP contribution in [0.1, 0.15) is 35.2 Å². The Hall–Kier alpha value is -1.02. The summed E-state index contributed by atoms with van der Waals surface area (Å²) in [5.74, 6) is 0. The summed E-state index contributed by atoms with van der Waals surface area (Å²) in [6.45, 7) is 7.23. The molecular formula is C18H21Cl2N. The highest BCUT2D eigenvalue weighted by Crippen LogP contribution is 2.29. The van der Waals surface area contributed by atoms with Crippen LogP contribution in [0.4, 0.5) is 0 Å². The Kier molecular flexibility index (Phi) is 5.69. The maximum atomic E-state index is 6.46. The molecule has 21 heavy (non-hydrogen) atoms. The average molecular weight is 322 g/mol. The van der Waals surface area contributed by atoms with Gasteiger partial charge >= 0.3 is 0 Å². The number of benzene rings is 2. The van der Waals surface area contributed by atoms with Crippen LogP contribution in [0.2, 0.25) is 10.0 Å². The fourth-order valence-electron chi connectivity index (χ4n) is 2.46. The van der Waals surface area contributed by atoms with Gasteiger partial charge in [0.05, 0.1) is 0 Å². The molecule has 0 saturated carbocycles. The first-order valence-electron chi connectivity index (χ1n) is 7.25. The minimum atomic E-state index is 0.211. The largest absolute Gasteiger partial charge is 0.310 e. The number of rotatable bonds is 5. The van der Waals surface area contributed by atoms with E-state index in [9.17, 15) is 0 Å². The van der Waals surface area contributed by atoms with Gasteiger partial charge in [-0.2, -0.15) is 0 Å². The summed E-state index contributed by atoms with van der Waals surface area (Å²) in [7, 11) is 0. The molecule has 1 nitrogen and oxygen atoms in total. The number of nitrogens with one attached hydrogen (secondary N) is 1. The average Bonchev–Trinajstić information content (AvgIpc) is 2.45. The van der Waals surface area contributed by atoms with Crippen LogP contribution in [-0.2, 0) is 6.42 Å². The van der Waals surface area contributed by atoms with Crippen molar-refractivity contribution in [1.82, 2.24) is 5.32 Å². The van der Waals surface area contributed by atoms with Crippen molar-refractivity contribution in [3.05, 3.63) is 68.7 Å². The van der Waals surface area contributed by atoms with E-state index in [1.165, 1.54) is 16.7 Å². The van der Waals surface area contributed by atoms with Gasteiger partial charge in [0.15, 0.2) is 0 Å². The van der Waals surface area contributed by atoms with E-state index in [0.29, 0.717) is 0 Å². The Morgan fingerprint density at radius 2 is 1.62 bits per heavy atom. The van der Waals surface area contributed by atoms with Crippen LogP contribution in [-0.4, -0.2) is 6.54 Å². The smallest absolute Gasteiger partial charge is 0.0456 e. The minimum absolute atomic E-state index is 0.211. The van der Waals surface area contributed by atoms with Crippen molar-refractivity contribution in [2.75, 3.05) is 6.54 Å². The van der Waals surface area contributed by atoms with Crippen LogP contribution < -0.4 is 5.32 Å². The summed E-state index contributed by atoms with van der Waals surface area (Å²) < 4.78 is 0. The molecule has 3 heteroatoms. The maximum Gasteiger partial charge on any atom is 0.0456 e. The van der Waals surface area contributed by atoms with E-state index >= 15 is 0 Å². The van der Waals surface area contributed by atoms with Crippen LogP contribution in [0.25, 0.3) is 0 Å². The lowest BCUT2D eigenvalue weighted by Crippen LogP contribution is -2.23. The highest BCUT2D eigenvalue weighted by atomic mass is 35.5. The van der Waals surface area contributed by atoms with Gasteiger partial charge in [-0.15, -0.1) is 0 Å². The Morgan fingerprint density at radius 1 is 1.00 bits per heavy atom.